The summed E-state index contributed by atoms with van der Waals surface area (Å²) in [6.07, 6.45) is 6.89. The molecule has 24 heavy (non-hydrogen) atoms. The van der Waals surface area contributed by atoms with E-state index in [1.807, 2.05) is 6.92 Å². The zero-order valence-electron chi connectivity index (χ0n) is 13.3. The van der Waals surface area contributed by atoms with Gasteiger partial charge in [-0.2, -0.15) is 0 Å². The van der Waals surface area contributed by atoms with Gasteiger partial charge in [-0.15, -0.1) is 6.42 Å². The SMILES string of the molecule is C#CCOc1c(Br)cc(/C=C2/SC(=O)N(CC)C2=O)cc1OCC. The summed E-state index contributed by atoms with van der Waals surface area (Å²) < 4.78 is 11.7. The van der Waals surface area contributed by atoms with Crippen LogP contribution in [0.5, 0.6) is 11.5 Å². The van der Waals surface area contributed by atoms with Crippen LogP contribution in [0.3, 0.4) is 0 Å². The summed E-state index contributed by atoms with van der Waals surface area (Å²) in [4.78, 5) is 25.6. The van der Waals surface area contributed by atoms with Crippen molar-refractivity contribution in [3.63, 3.8) is 0 Å². The number of carbonyl (C=O) groups excluding carboxylic acids is 2. The minimum absolute atomic E-state index is 0.118. The van der Waals surface area contributed by atoms with Crippen LogP contribution in [-0.4, -0.2) is 35.8 Å². The first kappa shape index (κ1) is 18.4. The second kappa shape index (κ2) is 8.27. The van der Waals surface area contributed by atoms with Crippen molar-refractivity contribution in [2.45, 2.75) is 13.8 Å². The Bertz CT molecular complexity index is 739. The Morgan fingerprint density at radius 2 is 2.08 bits per heavy atom. The van der Waals surface area contributed by atoms with E-state index in [2.05, 4.69) is 21.9 Å². The first-order valence-electron chi connectivity index (χ1n) is 7.29. The molecule has 126 valence electrons. The Morgan fingerprint density at radius 3 is 2.67 bits per heavy atom. The molecular formula is C17H16BrNO4S. The number of hydrogen-bond acceptors (Lipinski definition) is 5. The number of benzene rings is 1. The van der Waals surface area contributed by atoms with E-state index in [1.165, 1.54) is 4.90 Å². The van der Waals surface area contributed by atoms with Gasteiger partial charge in [-0.05, 0) is 65.3 Å². The van der Waals surface area contributed by atoms with Gasteiger partial charge in [-0.3, -0.25) is 14.5 Å². The molecule has 0 atom stereocenters. The predicted octanol–water partition coefficient (Wildman–Crippen LogP) is 3.92. The number of likely N-dealkylation sites (N-methyl/N-ethyl adjacent to an activating group) is 1. The maximum atomic E-state index is 12.2. The van der Waals surface area contributed by atoms with Crippen molar-refractivity contribution in [2.75, 3.05) is 19.8 Å². The Hall–Kier alpha value is -1.91. The topological polar surface area (TPSA) is 55.8 Å². The molecule has 1 heterocycles. The van der Waals surface area contributed by atoms with Gasteiger partial charge in [0, 0.05) is 6.54 Å². The number of carbonyl (C=O) groups is 2. The van der Waals surface area contributed by atoms with Gasteiger partial charge in [-0.1, -0.05) is 5.92 Å². The highest BCUT2D eigenvalue weighted by molar-refractivity contribution is 9.10. The molecule has 2 amide bonds. The lowest BCUT2D eigenvalue weighted by Crippen LogP contribution is -2.27. The number of rotatable bonds is 6. The van der Waals surface area contributed by atoms with Crippen LogP contribution in [0.2, 0.25) is 0 Å². The van der Waals surface area contributed by atoms with Crippen LogP contribution in [0.25, 0.3) is 6.08 Å². The first-order chi connectivity index (χ1) is 11.5. The Morgan fingerprint density at radius 1 is 1.33 bits per heavy atom. The molecule has 0 aromatic heterocycles. The molecule has 7 heteroatoms. The molecule has 0 aliphatic carbocycles. The van der Waals surface area contributed by atoms with Gasteiger partial charge in [0.05, 0.1) is 16.0 Å². The van der Waals surface area contributed by atoms with Gasteiger partial charge in [0.25, 0.3) is 11.1 Å². The van der Waals surface area contributed by atoms with Crippen LogP contribution in [0.1, 0.15) is 19.4 Å². The second-order valence-corrected chi connectivity index (χ2v) is 6.53. The maximum Gasteiger partial charge on any atom is 0.293 e. The van der Waals surface area contributed by atoms with Crippen LogP contribution in [-0.2, 0) is 4.79 Å². The largest absolute Gasteiger partial charge is 0.490 e. The molecule has 0 bridgehead atoms. The minimum atomic E-state index is -0.283. The van der Waals surface area contributed by atoms with Crippen LogP contribution in [0.4, 0.5) is 4.79 Å². The molecule has 0 spiro atoms. The van der Waals surface area contributed by atoms with Crippen LogP contribution in [0.15, 0.2) is 21.5 Å². The fraction of sp³-hybridized carbons (Fsp3) is 0.294. The maximum absolute atomic E-state index is 12.2. The van der Waals surface area contributed by atoms with Gasteiger partial charge in [-0.25, -0.2) is 0 Å². The third-order valence-electron chi connectivity index (χ3n) is 3.12. The molecule has 1 aliphatic heterocycles. The minimum Gasteiger partial charge on any atom is -0.490 e. The van der Waals surface area contributed by atoms with Crippen LogP contribution >= 0.6 is 27.7 Å². The molecule has 1 aromatic carbocycles. The van der Waals surface area contributed by atoms with E-state index in [1.54, 1.807) is 25.1 Å². The van der Waals surface area contributed by atoms with E-state index in [-0.39, 0.29) is 17.8 Å². The standard InChI is InChI=1S/C17H16BrNO4S/c1-4-7-23-15-12(18)8-11(9-13(15)22-6-3)10-14-16(20)19(5-2)17(21)24-14/h1,8-10H,5-7H2,2-3H3/b14-10+. The zero-order valence-corrected chi connectivity index (χ0v) is 15.7. The van der Waals surface area contributed by atoms with Crippen molar-refractivity contribution in [3.8, 4) is 23.8 Å². The van der Waals surface area contributed by atoms with Gasteiger partial charge in [0.1, 0.15) is 6.61 Å². The first-order valence-corrected chi connectivity index (χ1v) is 8.90. The third-order valence-corrected chi connectivity index (χ3v) is 4.62. The molecule has 1 aliphatic rings. The number of imide groups is 1. The number of hydrogen-bond donors (Lipinski definition) is 0. The van der Waals surface area contributed by atoms with Gasteiger partial charge in [0.2, 0.25) is 0 Å². The van der Waals surface area contributed by atoms with Gasteiger partial charge >= 0.3 is 0 Å². The molecular weight excluding hydrogens is 394 g/mol. The highest BCUT2D eigenvalue weighted by Crippen LogP contribution is 2.39. The number of ether oxygens (including phenoxy) is 2. The second-order valence-electron chi connectivity index (χ2n) is 4.68. The normalized spacial score (nSPS) is 15.8. The highest BCUT2D eigenvalue weighted by atomic mass is 79.9. The van der Waals surface area contributed by atoms with Crippen molar-refractivity contribution >= 4 is 44.9 Å². The van der Waals surface area contributed by atoms with E-state index < -0.39 is 0 Å². The lowest BCUT2D eigenvalue weighted by Gasteiger charge is -2.13. The molecule has 0 unspecified atom stereocenters. The number of terminal acetylenes is 1. The van der Waals surface area contributed by atoms with Crippen molar-refractivity contribution in [1.82, 2.24) is 4.90 Å². The molecule has 2 rings (SSSR count). The smallest absolute Gasteiger partial charge is 0.293 e. The van der Waals surface area contributed by atoms with E-state index in [4.69, 9.17) is 15.9 Å². The molecule has 0 radical (unpaired) electrons. The monoisotopic (exact) mass is 409 g/mol. The van der Waals surface area contributed by atoms with Crippen molar-refractivity contribution in [2.24, 2.45) is 0 Å². The summed E-state index contributed by atoms with van der Waals surface area (Å²) in [6, 6.07) is 3.54. The van der Waals surface area contributed by atoms with E-state index in [0.717, 1.165) is 17.3 Å². The average molecular weight is 410 g/mol. The lowest BCUT2D eigenvalue weighted by atomic mass is 10.2. The molecule has 1 aromatic rings. The van der Waals surface area contributed by atoms with Crippen molar-refractivity contribution < 1.29 is 19.1 Å². The number of halogens is 1. The Balaban J connectivity index is 2.38. The van der Waals surface area contributed by atoms with Gasteiger partial charge < -0.3 is 9.47 Å². The zero-order chi connectivity index (χ0) is 17.7. The summed E-state index contributed by atoms with van der Waals surface area (Å²) >= 11 is 4.36. The van der Waals surface area contributed by atoms with E-state index >= 15 is 0 Å². The summed E-state index contributed by atoms with van der Waals surface area (Å²) in [5.41, 5.74) is 0.722. The fourth-order valence-electron chi connectivity index (χ4n) is 2.11. The van der Waals surface area contributed by atoms with Crippen molar-refractivity contribution in [1.29, 1.82) is 0 Å². The summed E-state index contributed by atoms with van der Waals surface area (Å²) in [5.74, 6) is 3.15. The van der Waals surface area contributed by atoms with Gasteiger partial charge in [0.15, 0.2) is 11.5 Å². The Kier molecular flexibility index (Phi) is 6.35. The highest BCUT2D eigenvalue weighted by Gasteiger charge is 2.33. The fourth-order valence-corrected chi connectivity index (χ4v) is 3.59. The van der Waals surface area contributed by atoms with Crippen molar-refractivity contribution in [3.05, 3.63) is 27.1 Å². The number of amides is 2. The van der Waals surface area contributed by atoms with E-state index in [9.17, 15) is 9.59 Å². The van der Waals surface area contributed by atoms with E-state index in [0.29, 0.717) is 34.0 Å². The average Bonchev–Trinajstić information content (AvgIpc) is 2.80. The lowest BCUT2D eigenvalue weighted by molar-refractivity contribution is -0.122. The molecule has 1 fully saturated rings. The molecule has 0 N–H and O–H groups in total. The Labute approximate surface area is 153 Å². The third kappa shape index (κ3) is 3.94. The predicted molar refractivity (Wildman–Crippen MR) is 98.0 cm³/mol. The van der Waals surface area contributed by atoms with Crippen LogP contribution < -0.4 is 9.47 Å². The molecule has 5 nitrogen and oxygen atoms in total. The van der Waals surface area contributed by atoms with Crippen LogP contribution in [0, 0.1) is 12.3 Å². The number of thioether (sulfide) groups is 1. The number of nitrogens with zero attached hydrogens (tertiary/aromatic N) is 1. The molecule has 1 saturated heterocycles. The summed E-state index contributed by atoms with van der Waals surface area (Å²) in [7, 11) is 0. The molecule has 0 saturated carbocycles. The quantitative estimate of drug-likeness (QED) is 0.526. The summed E-state index contributed by atoms with van der Waals surface area (Å²) in [6.45, 7) is 4.55. The summed E-state index contributed by atoms with van der Waals surface area (Å²) in [5, 5.41) is -0.258.